The van der Waals surface area contributed by atoms with Gasteiger partial charge >= 0.3 is 0 Å². The highest BCUT2D eigenvalue weighted by Gasteiger charge is 2.25. The molecule has 3 rings (SSSR count). The first-order valence-corrected chi connectivity index (χ1v) is 11.6. The van der Waals surface area contributed by atoms with Crippen molar-refractivity contribution in [3.63, 3.8) is 0 Å². The first-order chi connectivity index (χ1) is 13.5. The molecule has 28 heavy (non-hydrogen) atoms. The quantitative estimate of drug-likeness (QED) is 0.706. The van der Waals surface area contributed by atoms with Crippen LogP contribution in [-0.4, -0.2) is 27.2 Å². The zero-order valence-corrected chi connectivity index (χ0v) is 17.8. The molecule has 1 aliphatic rings. The summed E-state index contributed by atoms with van der Waals surface area (Å²) in [6.07, 6.45) is 5.53. The Labute approximate surface area is 170 Å². The van der Waals surface area contributed by atoms with Crippen molar-refractivity contribution in [2.75, 3.05) is 5.75 Å². The van der Waals surface area contributed by atoms with Crippen LogP contribution in [0.25, 0.3) is 11.5 Å². The van der Waals surface area contributed by atoms with Crippen LogP contribution >= 0.6 is 0 Å². The molecule has 1 heterocycles. The summed E-state index contributed by atoms with van der Waals surface area (Å²) < 4.78 is 18.3. The average molecular weight is 403 g/mol. The van der Waals surface area contributed by atoms with Crippen LogP contribution in [-0.2, 0) is 28.1 Å². The molecule has 3 unspecified atom stereocenters. The summed E-state index contributed by atoms with van der Waals surface area (Å²) in [6, 6.07) is 8.31. The third-order valence-corrected chi connectivity index (χ3v) is 6.73. The van der Waals surface area contributed by atoms with Crippen molar-refractivity contribution in [2.24, 2.45) is 5.92 Å². The zero-order chi connectivity index (χ0) is 20.1. The van der Waals surface area contributed by atoms with E-state index in [1.54, 1.807) is 0 Å². The van der Waals surface area contributed by atoms with Gasteiger partial charge in [-0.15, -0.1) is 0 Å². The van der Waals surface area contributed by atoms with Crippen molar-refractivity contribution >= 4 is 17.1 Å². The molecule has 1 aromatic heterocycles. The summed E-state index contributed by atoms with van der Waals surface area (Å²) in [5, 5.41) is 3.07. The number of carbonyl (C=O) groups excluding carboxylic acids is 1. The molecule has 2 aromatic rings. The van der Waals surface area contributed by atoms with E-state index >= 15 is 0 Å². The molecule has 6 heteroatoms. The van der Waals surface area contributed by atoms with Gasteiger partial charge in [-0.2, -0.15) is 0 Å². The minimum Gasteiger partial charge on any atom is -0.616 e. The maximum Gasteiger partial charge on any atom is 0.270 e. The fourth-order valence-electron chi connectivity index (χ4n) is 3.70. The normalized spacial score (nSPS) is 20.7. The molecule has 1 aliphatic carbocycles. The molecule has 5 nitrogen and oxygen atoms in total. The molecule has 0 spiro atoms. The van der Waals surface area contributed by atoms with Crippen molar-refractivity contribution in [3.05, 3.63) is 41.3 Å². The highest BCUT2D eigenvalue weighted by atomic mass is 32.2. The molecule has 0 bridgehead atoms. The molecule has 152 valence electrons. The van der Waals surface area contributed by atoms with Gasteiger partial charge in [-0.05, 0) is 61.0 Å². The summed E-state index contributed by atoms with van der Waals surface area (Å²) in [6.45, 7) is 6.12. The van der Waals surface area contributed by atoms with E-state index in [4.69, 9.17) is 4.42 Å². The van der Waals surface area contributed by atoms with E-state index in [1.165, 1.54) is 12.0 Å². The highest BCUT2D eigenvalue weighted by Crippen LogP contribution is 2.25. The summed E-state index contributed by atoms with van der Waals surface area (Å²) in [4.78, 5) is 16.8. The van der Waals surface area contributed by atoms with Gasteiger partial charge in [0.2, 0.25) is 5.89 Å². The molecular weight excluding hydrogens is 372 g/mol. The highest BCUT2D eigenvalue weighted by molar-refractivity contribution is 7.91. The Hall–Kier alpha value is -1.79. The van der Waals surface area contributed by atoms with Crippen LogP contribution < -0.4 is 5.32 Å². The smallest absolute Gasteiger partial charge is 0.270 e. The number of aromatic nitrogens is 1. The SMILES string of the molecule is CCc1ccc(-c2nc(C[S+]([O-])CC(=O)NC3CCCCC3C)c(C)o2)cc1. The summed E-state index contributed by atoms with van der Waals surface area (Å²) in [7, 11) is 0. The van der Waals surface area contributed by atoms with Crippen LogP contribution in [0.1, 0.15) is 56.5 Å². The molecular formula is C22H30N2O3S. The number of benzene rings is 1. The molecule has 1 saturated carbocycles. The standard InChI is InChI=1S/C22H30N2O3S/c1-4-17-9-11-18(12-10-17)22-24-20(16(3)27-22)13-28(26)14-21(25)23-19-8-6-5-7-15(19)2/h9-12,15,19H,4-8,13-14H2,1-3H3,(H,23,25). The second kappa shape index (κ2) is 9.61. The van der Waals surface area contributed by atoms with Gasteiger partial charge in [0.05, 0.1) is 0 Å². The largest absolute Gasteiger partial charge is 0.616 e. The van der Waals surface area contributed by atoms with Crippen molar-refractivity contribution in [1.29, 1.82) is 0 Å². The lowest BCUT2D eigenvalue weighted by molar-refractivity contribution is -0.119. The third-order valence-electron chi connectivity index (χ3n) is 5.55. The minimum atomic E-state index is -1.31. The molecule has 1 N–H and O–H groups in total. The Bertz CT molecular complexity index is 788. The first kappa shape index (κ1) is 20.9. The number of hydrogen-bond donors (Lipinski definition) is 1. The molecule has 0 saturated heterocycles. The number of amides is 1. The number of carbonyl (C=O) groups is 1. The minimum absolute atomic E-state index is 0.00997. The van der Waals surface area contributed by atoms with Crippen LogP contribution in [0, 0.1) is 12.8 Å². The number of oxazole rings is 1. The lowest BCUT2D eigenvalue weighted by atomic mass is 9.86. The van der Waals surface area contributed by atoms with E-state index in [1.807, 2.05) is 19.1 Å². The topological polar surface area (TPSA) is 78.2 Å². The van der Waals surface area contributed by atoms with Crippen molar-refractivity contribution < 1.29 is 13.8 Å². The second-order valence-electron chi connectivity index (χ2n) is 7.74. The lowest BCUT2D eigenvalue weighted by Gasteiger charge is -2.29. The van der Waals surface area contributed by atoms with Crippen molar-refractivity contribution in [3.8, 4) is 11.5 Å². The monoisotopic (exact) mass is 402 g/mol. The Morgan fingerprint density at radius 3 is 2.68 bits per heavy atom. The predicted molar refractivity (Wildman–Crippen MR) is 112 cm³/mol. The van der Waals surface area contributed by atoms with Crippen LogP contribution in [0.2, 0.25) is 0 Å². The van der Waals surface area contributed by atoms with Gasteiger partial charge in [-0.1, -0.05) is 38.8 Å². The number of aryl methyl sites for hydroxylation is 2. The van der Waals surface area contributed by atoms with Crippen LogP contribution in [0.4, 0.5) is 0 Å². The van der Waals surface area contributed by atoms with Crippen molar-refractivity contribution in [2.45, 2.75) is 64.7 Å². The van der Waals surface area contributed by atoms with E-state index in [0.717, 1.165) is 31.2 Å². The van der Waals surface area contributed by atoms with Gasteiger partial charge in [0.25, 0.3) is 5.91 Å². The van der Waals surface area contributed by atoms with Gasteiger partial charge in [-0.25, -0.2) is 4.98 Å². The fourth-order valence-corrected chi connectivity index (χ4v) is 4.75. The number of nitrogens with zero attached hydrogens (tertiary/aromatic N) is 1. The van der Waals surface area contributed by atoms with E-state index in [0.29, 0.717) is 23.3 Å². The predicted octanol–water partition coefficient (Wildman–Crippen LogP) is 4.16. The van der Waals surface area contributed by atoms with E-state index in [9.17, 15) is 9.35 Å². The fraction of sp³-hybridized carbons (Fsp3) is 0.545. The number of hydrogen-bond acceptors (Lipinski definition) is 4. The Balaban J connectivity index is 1.56. The second-order valence-corrected chi connectivity index (χ2v) is 9.19. The van der Waals surface area contributed by atoms with Crippen LogP contribution in [0.3, 0.4) is 0 Å². The van der Waals surface area contributed by atoms with Crippen LogP contribution in [0.15, 0.2) is 28.7 Å². The Morgan fingerprint density at radius 1 is 1.29 bits per heavy atom. The first-order valence-electron chi connectivity index (χ1n) is 10.2. The molecule has 1 amide bonds. The van der Waals surface area contributed by atoms with E-state index in [-0.39, 0.29) is 23.5 Å². The Kier molecular flexibility index (Phi) is 7.18. The average Bonchev–Trinajstić information content (AvgIpc) is 3.04. The van der Waals surface area contributed by atoms with Crippen molar-refractivity contribution in [1.82, 2.24) is 10.3 Å². The van der Waals surface area contributed by atoms with Gasteiger partial charge < -0.3 is 14.3 Å². The molecule has 3 atom stereocenters. The van der Waals surface area contributed by atoms with Gasteiger partial charge in [0.15, 0.2) is 11.5 Å². The van der Waals surface area contributed by atoms with Gasteiger partial charge in [-0.3, -0.25) is 4.79 Å². The summed E-state index contributed by atoms with van der Waals surface area (Å²) >= 11 is -1.31. The molecule has 0 radical (unpaired) electrons. The summed E-state index contributed by atoms with van der Waals surface area (Å²) in [5.41, 5.74) is 2.82. The third kappa shape index (κ3) is 5.39. The lowest BCUT2D eigenvalue weighted by Crippen LogP contribution is -2.43. The molecule has 1 aromatic carbocycles. The number of rotatable bonds is 7. The zero-order valence-electron chi connectivity index (χ0n) is 17.0. The Morgan fingerprint density at radius 2 is 2.00 bits per heavy atom. The van der Waals surface area contributed by atoms with Crippen LogP contribution in [0.5, 0.6) is 0 Å². The van der Waals surface area contributed by atoms with Gasteiger partial charge in [0, 0.05) is 11.6 Å². The van der Waals surface area contributed by atoms with Gasteiger partial charge in [0.1, 0.15) is 11.5 Å². The van der Waals surface area contributed by atoms with E-state index in [2.05, 4.69) is 36.3 Å². The maximum atomic E-state index is 12.5. The number of nitrogens with one attached hydrogen (secondary N) is 1. The maximum absolute atomic E-state index is 12.5. The molecule has 1 fully saturated rings. The van der Waals surface area contributed by atoms with E-state index < -0.39 is 11.2 Å². The molecule has 0 aliphatic heterocycles. The summed E-state index contributed by atoms with van der Waals surface area (Å²) in [5.74, 6) is 1.79.